The average Bonchev–Trinajstić information content (AvgIpc) is 2.62. The van der Waals surface area contributed by atoms with Crippen LogP contribution in [-0.4, -0.2) is 14.9 Å². The number of thioether (sulfide) groups is 1. The highest BCUT2D eigenvalue weighted by Gasteiger charge is 2.46. The van der Waals surface area contributed by atoms with Crippen LogP contribution in [0.25, 0.3) is 0 Å². The van der Waals surface area contributed by atoms with Crippen LogP contribution in [0.4, 0.5) is 0 Å². The molecule has 0 bridgehead atoms. The van der Waals surface area contributed by atoms with E-state index in [9.17, 15) is 0 Å². The van der Waals surface area contributed by atoms with Gasteiger partial charge in [-0.05, 0) is 30.2 Å². The Labute approximate surface area is 105 Å². The third-order valence-corrected chi connectivity index (χ3v) is 5.60. The van der Waals surface area contributed by atoms with Crippen LogP contribution in [0.5, 0.6) is 0 Å². The summed E-state index contributed by atoms with van der Waals surface area (Å²) in [5, 5.41) is 0. The van der Waals surface area contributed by atoms with Crippen LogP contribution in [0.15, 0.2) is 24.4 Å². The number of hydrogen-bond acceptors (Lipinski definition) is 3. The Bertz CT molecular complexity index is 365. The van der Waals surface area contributed by atoms with Crippen molar-refractivity contribution in [3.63, 3.8) is 0 Å². The molecule has 0 aromatic carbocycles. The van der Waals surface area contributed by atoms with E-state index in [2.05, 4.69) is 30.6 Å². The molecule has 4 heteroatoms. The van der Waals surface area contributed by atoms with Crippen LogP contribution < -0.4 is 0 Å². The molecule has 0 radical (unpaired) electrons. The molecular weight excluding hydrogens is 242 g/mol. The third-order valence-electron chi connectivity index (χ3n) is 2.94. The highest BCUT2D eigenvalue weighted by molar-refractivity contribution is 8.15. The first-order valence-corrected chi connectivity index (χ1v) is 6.81. The third kappa shape index (κ3) is 1.83. The van der Waals surface area contributed by atoms with Crippen molar-refractivity contribution in [2.75, 3.05) is 5.75 Å². The predicted molar refractivity (Wildman–Crippen MR) is 73.7 cm³/mol. The molecule has 0 aliphatic carbocycles. The van der Waals surface area contributed by atoms with Crippen molar-refractivity contribution in [1.29, 1.82) is 0 Å². The molecule has 2 rings (SSSR count). The summed E-state index contributed by atoms with van der Waals surface area (Å²) < 4.78 is 0.607. The normalized spacial score (nSPS) is 30.4. The van der Waals surface area contributed by atoms with Crippen LogP contribution >= 0.6 is 36.6 Å². The molecule has 1 fully saturated rings. The molecule has 1 aromatic heterocycles. The topological polar surface area (TPSA) is 12.9 Å². The van der Waals surface area contributed by atoms with Gasteiger partial charge in [-0.25, -0.2) is 0 Å². The van der Waals surface area contributed by atoms with Crippen LogP contribution in [0.2, 0.25) is 0 Å². The van der Waals surface area contributed by atoms with Gasteiger partial charge in [0.25, 0.3) is 0 Å². The molecule has 0 amide bonds. The standard InChI is InChI=1S/C11H13NS3/c1-8-5-7-15-11(8,10(13)14)9-4-2-3-6-12-9/h2-4,6,8H,5,7H2,1H3,(H,13,14). The maximum atomic E-state index is 5.33. The second kappa shape index (κ2) is 4.44. The summed E-state index contributed by atoms with van der Waals surface area (Å²) in [6, 6.07) is 6.00. The van der Waals surface area contributed by atoms with E-state index in [4.69, 9.17) is 12.2 Å². The number of pyridine rings is 1. The van der Waals surface area contributed by atoms with E-state index < -0.39 is 0 Å². The predicted octanol–water partition coefficient (Wildman–Crippen LogP) is 3.31. The Morgan fingerprint density at radius 3 is 2.93 bits per heavy atom. The minimum Gasteiger partial charge on any atom is -0.259 e. The summed E-state index contributed by atoms with van der Waals surface area (Å²) >= 11 is 11.6. The number of thiol groups is 1. The summed E-state index contributed by atoms with van der Waals surface area (Å²) in [6.45, 7) is 2.23. The highest BCUT2D eigenvalue weighted by atomic mass is 32.2. The second-order valence-corrected chi connectivity index (χ2v) is 6.29. The van der Waals surface area contributed by atoms with Gasteiger partial charge >= 0.3 is 0 Å². The smallest absolute Gasteiger partial charge is 0.101 e. The molecule has 0 saturated carbocycles. The first-order chi connectivity index (χ1) is 7.18. The van der Waals surface area contributed by atoms with Crippen molar-refractivity contribution in [3.05, 3.63) is 30.1 Å². The van der Waals surface area contributed by atoms with Crippen molar-refractivity contribution in [1.82, 2.24) is 4.98 Å². The average molecular weight is 255 g/mol. The highest BCUT2D eigenvalue weighted by Crippen LogP contribution is 2.51. The van der Waals surface area contributed by atoms with Gasteiger partial charge < -0.3 is 0 Å². The molecule has 2 heterocycles. The fourth-order valence-corrected chi connectivity index (χ4v) is 4.63. The molecule has 1 nitrogen and oxygen atoms in total. The molecule has 1 aliphatic rings. The first kappa shape index (κ1) is 11.4. The Hall–Kier alpha value is -0.0600. The van der Waals surface area contributed by atoms with Crippen molar-refractivity contribution in [2.45, 2.75) is 18.1 Å². The van der Waals surface area contributed by atoms with Crippen LogP contribution in [-0.2, 0) is 4.75 Å². The molecule has 2 unspecified atom stereocenters. The van der Waals surface area contributed by atoms with Gasteiger partial charge in [-0.3, -0.25) is 4.98 Å². The van der Waals surface area contributed by atoms with Crippen molar-refractivity contribution < 1.29 is 0 Å². The van der Waals surface area contributed by atoms with E-state index in [1.165, 1.54) is 6.42 Å². The lowest BCUT2D eigenvalue weighted by Gasteiger charge is -2.30. The Kier molecular flexibility index (Phi) is 3.38. The van der Waals surface area contributed by atoms with E-state index in [-0.39, 0.29) is 4.75 Å². The van der Waals surface area contributed by atoms with E-state index in [0.717, 1.165) is 15.6 Å². The van der Waals surface area contributed by atoms with Gasteiger partial charge in [-0.2, -0.15) is 0 Å². The zero-order valence-electron chi connectivity index (χ0n) is 8.51. The molecule has 0 spiro atoms. The molecule has 1 saturated heterocycles. The number of aromatic nitrogens is 1. The molecular formula is C11H13NS3. The second-order valence-electron chi connectivity index (χ2n) is 3.79. The zero-order valence-corrected chi connectivity index (χ0v) is 11.0. The van der Waals surface area contributed by atoms with Crippen molar-refractivity contribution in [3.8, 4) is 0 Å². The van der Waals surface area contributed by atoms with Crippen LogP contribution in [0.1, 0.15) is 19.0 Å². The lowest BCUT2D eigenvalue weighted by atomic mass is 9.89. The van der Waals surface area contributed by atoms with Gasteiger partial charge in [0, 0.05) is 6.20 Å². The minimum absolute atomic E-state index is 0.153. The lowest BCUT2D eigenvalue weighted by molar-refractivity contribution is 0.521. The van der Waals surface area contributed by atoms with Gasteiger partial charge in [-0.15, -0.1) is 24.4 Å². The number of nitrogens with zero attached hydrogens (tertiary/aromatic N) is 1. The fourth-order valence-electron chi connectivity index (χ4n) is 2.03. The SMILES string of the molecule is CC1CCSC1(C(=S)S)c1ccccn1. The molecule has 1 aliphatic heterocycles. The van der Waals surface area contributed by atoms with Gasteiger partial charge in [-0.1, -0.05) is 25.2 Å². The largest absolute Gasteiger partial charge is 0.259 e. The van der Waals surface area contributed by atoms with E-state index in [0.29, 0.717) is 5.92 Å². The molecule has 80 valence electrons. The van der Waals surface area contributed by atoms with E-state index >= 15 is 0 Å². The number of thiocarbonyl (C=S) groups is 1. The van der Waals surface area contributed by atoms with Gasteiger partial charge in [0.1, 0.15) is 4.75 Å². The monoisotopic (exact) mass is 255 g/mol. The maximum Gasteiger partial charge on any atom is 0.101 e. The molecule has 1 aromatic rings. The first-order valence-electron chi connectivity index (χ1n) is 4.97. The Morgan fingerprint density at radius 1 is 1.67 bits per heavy atom. The van der Waals surface area contributed by atoms with E-state index in [1.807, 2.05) is 30.1 Å². The lowest BCUT2D eigenvalue weighted by Crippen LogP contribution is -2.32. The summed E-state index contributed by atoms with van der Waals surface area (Å²) in [5.74, 6) is 1.65. The number of hydrogen-bond donors (Lipinski definition) is 1. The molecule has 2 atom stereocenters. The van der Waals surface area contributed by atoms with Crippen LogP contribution in [0, 0.1) is 5.92 Å². The van der Waals surface area contributed by atoms with E-state index in [1.54, 1.807) is 0 Å². The van der Waals surface area contributed by atoms with Gasteiger partial charge in [0.05, 0.1) is 9.89 Å². The Balaban J connectivity index is 2.49. The Morgan fingerprint density at radius 2 is 2.47 bits per heavy atom. The summed E-state index contributed by atoms with van der Waals surface area (Å²) in [7, 11) is 0. The van der Waals surface area contributed by atoms with Crippen molar-refractivity contribution in [2.24, 2.45) is 5.92 Å². The number of rotatable bonds is 2. The molecule has 15 heavy (non-hydrogen) atoms. The molecule has 0 N–H and O–H groups in total. The maximum absolute atomic E-state index is 5.33. The quantitative estimate of drug-likeness (QED) is 0.643. The van der Waals surface area contributed by atoms with Gasteiger partial charge in [0.2, 0.25) is 0 Å². The van der Waals surface area contributed by atoms with Crippen LogP contribution in [0.3, 0.4) is 0 Å². The summed E-state index contributed by atoms with van der Waals surface area (Å²) in [6.07, 6.45) is 3.01. The summed E-state index contributed by atoms with van der Waals surface area (Å²) in [4.78, 5) is 4.45. The fraction of sp³-hybridized carbons (Fsp3) is 0.455. The zero-order chi connectivity index (χ0) is 10.9. The van der Waals surface area contributed by atoms with Crippen molar-refractivity contribution >= 4 is 40.8 Å². The minimum atomic E-state index is -0.153. The van der Waals surface area contributed by atoms with Gasteiger partial charge in [0.15, 0.2) is 0 Å². The summed E-state index contributed by atoms with van der Waals surface area (Å²) in [5.41, 5.74) is 1.06.